The van der Waals surface area contributed by atoms with Crippen LogP contribution >= 0.6 is 0 Å². The Morgan fingerprint density at radius 2 is 2.27 bits per heavy atom. The first kappa shape index (κ1) is 9.97. The predicted molar refractivity (Wildman–Crippen MR) is 55.6 cm³/mol. The van der Waals surface area contributed by atoms with E-state index in [1.807, 2.05) is 0 Å². The second-order valence-corrected chi connectivity index (χ2v) is 3.61. The molecule has 82 valence electrons. The zero-order chi connectivity index (χ0) is 10.8. The fourth-order valence-electron chi connectivity index (χ4n) is 1.59. The number of hydrogen-bond acceptors (Lipinski definition) is 6. The lowest BCUT2D eigenvalue weighted by Crippen LogP contribution is -2.39. The van der Waals surface area contributed by atoms with Crippen molar-refractivity contribution in [1.82, 2.24) is 9.97 Å². The molecule has 1 heterocycles. The van der Waals surface area contributed by atoms with Crippen molar-refractivity contribution in [1.29, 1.82) is 0 Å². The fraction of sp³-hybridized carbons (Fsp3) is 0.556. The summed E-state index contributed by atoms with van der Waals surface area (Å²) in [5, 5.41) is 12.3. The zero-order valence-electron chi connectivity index (χ0n) is 8.47. The number of nitrogens with one attached hydrogen (secondary N) is 1. The van der Waals surface area contributed by atoms with E-state index in [4.69, 9.17) is 15.6 Å². The van der Waals surface area contributed by atoms with Gasteiger partial charge in [-0.1, -0.05) is 0 Å². The molecule has 1 aromatic rings. The van der Waals surface area contributed by atoms with E-state index in [0.717, 1.165) is 12.8 Å². The van der Waals surface area contributed by atoms with Crippen LogP contribution < -0.4 is 15.8 Å². The van der Waals surface area contributed by atoms with Crippen molar-refractivity contribution in [2.24, 2.45) is 0 Å². The van der Waals surface area contributed by atoms with E-state index < -0.39 is 0 Å². The average Bonchev–Trinajstić information content (AvgIpc) is 2.16. The van der Waals surface area contributed by atoms with Crippen LogP contribution in [-0.4, -0.2) is 34.3 Å². The molecule has 0 unspecified atom stereocenters. The maximum atomic E-state index is 9.15. The van der Waals surface area contributed by atoms with Crippen LogP contribution in [-0.2, 0) is 0 Å². The average molecular weight is 210 g/mol. The van der Waals surface area contributed by atoms with Crippen molar-refractivity contribution in [2.75, 3.05) is 18.2 Å². The fourth-order valence-corrected chi connectivity index (χ4v) is 1.59. The Kier molecular flexibility index (Phi) is 2.59. The number of aliphatic hydroxyl groups is 1. The molecule has 0 aromatic carbocycles. The summed E-state index contributed by atoms with van der Waals surface area (Å²) >= 11 is 0. The van der Waals surface area contributed by atoms with E-state index >= 15 is 0 Å². The van der Waals surface area contributed by atoms with Gasteiger partial charge in [0.15, 0.2) is 11.6 Å². The lowest BCUT2D eigenvalue weighted by atomic mass is 9.89. The van der Waals surface area contributed by atoms with Gasteiger partial charge in [-0.3, -0.25) is 0 Å². The third-order valence-corrected chi connectivity index (χ3v) is 2.49. The first-order valence-electron chi connectivity index (χ1n) is 4.79. The quantitative estimate of drug-likeness (QED) is 0.650. The Balaban J connectivity index is 2.10. The van der Waals surface area contributed by atoms with Crippen LogP contribution in [0.4, 0.5) is 11.6 Å². The van der Waals surface area contributed by atoms with Crippen LogP contribution in [0.3, 0.4) is 0 Å². The maximum Gasteiger partial charge on any atom is 0.203 e. The highest BCUT2D eigenvalue weighted by Gasteiger charge is 2.28. The second-order valence-electron chi connectivity index (χ2n) is 3.61. The lowest BCUT2D eigenvalue weighted by molar-refractivity contribution is 0.0834. The van der Waals surface area contributed by atoms with Gasteiger partial charge in [0.1, 0.15) is 6.33 Å². The van der Waals surface area contributed by atoms with Crippen molar-refractivity contribution < 1.29 is 9.84 Å². The highest BCUT2D eigenvalue weighted by atomic mass is 16.5. The summed E-state index contributed by atoms with van der Waals surface area (Å²) in [6, 6.07) is 0.239. The minimum atomic E-state index is -0.201. The van der Waals surface area contributed by atoms with Gasteiger partial charge in [0, 0.05) is 6.04 Å². The molecule has 0 amide bonds. The van der Waals surface area contributed by atoms with Gasteiger partial charge in [-0.15, -0.1) is 0 Å². The number of methoxy groups -OCH3 is 1. The first-order chi connectivity index (χ1) is 7.20. The summed E-state index contributed by atoms with van der Waals surface area (Å²) in [7, 11) is 1.52. The Bertz CT molecular complexity index is 352. The van der Waals surface area contributed by atoms with Crippen LogP contribution in [0.25, 0.3) is 0 Å². The van der Waals surface area contributed by atoms with Gasteiger partial charge in [-0.25, -0.2) is 9.97 Å². The number of hydrogen-bond donors (Lipinski definition) is 3. The van der Waals surface area contributed by atoms with Gasteiger partial charge in [-0.2, -0.15) is 0 Å². The van der Waals surface area contributed by atoms with Gasteiger partial charge in [0.25, 0.3) is 0 Å². The van der Waals surface area contributed by atoms with Crippen molar-refractivity contribution in [3.8, 4) is 5.75 Å². The molecule has 4 N–H and O–H groups in total. The summed E-state index contributed by atoms with van der Waals surface area (Å²) in [5.41, 5.74) is 5.63. The minimum absolute atomic E-state index is 0.201. The summed E-state index contributed by atoms with van der Waals surface area (Å²) in [4.78, 5) is 7.88. The van der Waals surface area contributed by atoms with E-state index in [0.29, 0.717) is 17.4 Å². The van der Waals surface area contributed by atoms with Gasteiger partial charge >= 0.3 is 0 Å². The Morgan fingerprint density at radius 1 is 1.53 bits per heavy atom. The SMILES string of the molecule is COc1c(N)ncnc1NC1CC(O)C1. The molecule has 15 heavy (non-hydrogen) atoms. The number of aliphatic hydroxyl groups excluding tert-OH is 1. The highest BCUT2D eigenvalue weighted by Crippen LogP contribution is 2.30. The van der Waals surface area contributed by atoms with Gasteiger partial charge in [0.2, 0.25) is 5.75 Å². The summed E-state index contributed by atoms with van der Waals surface area (Å²) in [5.74, 6) is 1.36. The number of nitrogens with zero attached hydrogens (tertiary/aromatic N) is 2. The smallest absolute Gasteiger partial charge is 0.203 e. The molecule has 0 radical (unpaired) electrons. The van der Waals surface area contributed by atoms with Crippen LogP contribution in [0.15, 0.2) is 6.33 Å². The predicted octanol–water partition coefficient (Wildman–Crippen LogP) is 0.00260. The number of anilines is 2. The van der Waals surface area contributed by atoms with Gasteiger partial charge in [-0.05, 0) is 12.8 Å². The van der Waals surface area contributed by atoms with E-state index in [2.05, 4.69) is 15.3 Å². The third kappa shape index (κ3) is 1.94. The van der Waals surface area contributed by atoms with Crippen molar-refractivity contribution in [3.05, 3.63) is 6.33 Å². The molecular formula is C9H14N4O2. The minimum Gasteiger partial charge on any atom is -0.490 e. The Morgan fingerprint density at radius 3 is 2.87 bits per heavy atom. The van der Waals surface area contributed by atoms with Gasteiger partial charge in [0.05, 0.1) is 13.2 Å². The molecule has 6 heteroatoms. The summed E-state index contributed by atoms with van der Waals surface area (Å²) in [6.07, 6.45) is 2.64. The van der Waals surface area contributed by atoms with Crippen LogP contribution in [0.1, 0.15) is 12.8 Å². The summed E-state index contributed by atoms with van der Waals surface area (Å²) < 4.78 is 5.10. The highest BCUT2D eigenvalue weighted by molar-refractivity contribution is 5.61. The monoisotopic (exact) mass is 210 g/mol. The van der Waals surface area contributed by atoms with Crippen molar-refractivity contribution in [2.45, 2.75) is 25.0 Å². The van der Waals surface area contributed by atoms with Crippen LogP contribution in [0.5, 0.6) is 5.75 Å². The second kappa shape index (κ2) is 3.90. The molecule has 0 bridgehead atoms. The molecule has 1 aliphatic carbocycles. The molecule has 6 nitrogen and oxygen atoms in total. The number of aromatic nitrogens is 2. The van der Waals surface area contributed by atoms with Crippen molar-refractivity contribution >= 4 is 11.6 Å². The molecule has 1 aromatic heterocycles. The first-order valence-corrected chi connectivity index (χ1v) is 4.79. The molecule has 2 rings (SSSR count). The zero-order valence-corrected chi connectivity index (χ0v) is 8.47. The number of ether oxygens (including phenoxy) is 1. The molecule has 1 aliphatic rings. The Hall–Kier alpha value is -1.56. The lowest BCUT2D eigenvalue weighted by Gasteiger charge is -2.32. The Labute approximate surface area is 87.5 Å². The van der Waals surface area contributed by atoms with Crippen LogP contribution in [0.2, 0.25) is 0 Å². The molecule has 1 fully saturated rings. The van der Waals surface area contributed by atoms with E-state index in [9.17, 15) is 0 Å². The van der Waals surface area contributed by atoms with Crippen LogP contribution in [0, 0.1) is 0 Å². The topological polar surface area (TPSA) is 93.3 Å². The largest absolute Gasteiger partial charge is 0.490 e. The van der Waals surface area contributed by atoms with Crippen molar-refractivity contribution in [3.63, 3.8) is 0 Å². The van der Waals surface area contributed by atoms with Gasteiger partial charge < -0.3 is 20.9 Å². The molecular weight excluding hydrogens is 196 g/mol. The number of nitrogens with two attached hydrogens (primary N) is 1. The molecule has 0 spiro atoms. The molecule has 0 saturated heterocycles. The molecule has 0 atom stereocenters. The molecule has 0 aliphatic heterocycles. The third-order valence-electron chi connectivity index (χ3n) is 2.49. The standard InChI is InChI=1S/C9H14N4O2/c1-15-7-8(10)11-4-12-9(7)13-5-2-6(14)3-5/h4-6,14H,2-3H2,1H3,(H3,10,11,12,13). The summed E-state index contributed by atoms with van der Waals surface area (Å²) in [6.45, 7) is 0. The normalized spacial score (nSPS) is 24.4. The number of rotatable bonds is 3. The van der Waals surface area contributed by atoms with E-state index in [-0.39, 0.29) is 12.1 Å². The maximum absolute atomic E-state index is 9.15. The molecule has 1 saturated carbocycles. The van der Waals surface area contributed by atoms with E-state index in [1.165, 1.54) is 13.4 Å². The van der Waals surface area contributed by atoms with E-state index in [1.54, 1.807) is 0 Å². The number of nitrogen functional groups attached to an aromatic ring is 1.